The van der Waals surface area contributed by atoms with Gasteiger partial charge in [0.2, 0.25) is 0 Å². The van der Waals surface area contributed by atoms with E-state index >= 15 is 0 Å². The Morgan fingerprint density at radius 3 is 0.952 bits per heavy atom. The molecule has 0 spiro atoms. The minimum atomic E-state index is -4.70. The van der Waals surface area contributed by atoms with E-state index in [0.717, 1.165) is 38.5 Å². The Hall–Kier alpha value is -0.210. The van der Waals surface area contributed by atoms with E-state index in [1.54, 1.807) is 0 Å². The molecule has 0 aliphatic carbocycles. The van der Waals surface area contributed by atoms with Crippen molar-refractivity contribution < 1.29 is 27.3 Å². The zero-order valence-corrected chi connectivity index (χ0v) is 28.9. The van der Waals surface area contributed by atoms with E-state index in [2.05, 4.69) is 18.2 Å². The molecule has 0 aromatic rings. The number of aliphatic hydroxyl groups excluding tert-OH is 1. The van der Waals surface area contributed by atoms with Crippen molar-refractivity contribution in [1.82, 2.24) is 0 Å². The molecule has 0 aliphatic heterocycles. The molecule has 0 rings (SSSR count). The van der Waals surface area contributed by atoms with Crippen LogP contribution in [0, 0.1) is 0 Å². The largest absolute Gasteiger partial charge is 0.424 e. The van der Waals surface area contributed by atoms with Crippen LogP contribution < -0.4 is 0 Å². The fourth-order valence-corrected chi connectivity index (χ4v) is 6.33. The summed E-state index contributed by atoms with van der Waals surface area (Å²) in [6, 6.07) is 0. The topological polar surface area (TPSA) is 93.1 Å². The first-order valence-electron chi connectivity index (χ1n) is 18.3. The fourth-order valence-electron chi connectivity index (χ4n) is 6.10. The summed E-state index contributed by atoms with van der Waals surface area (Å²) in [4.78, 5) is 5.36. The lowest BCUT2D eigenvalue weighted by atomic mass is 9.87. The minimum absolute atomic E-state index is 0.105. The van der Waals surface area contributed by atoms with E-state index in [0.29, 0.717) is 19.3 Å². The molecule has 7 heteroatoms. The molecule has 0 fully saturated rings. The van der Waals surface area contributed by atoms with Crippen molar-refractivity contribution in [1.29, 1.82) is 0 Å². The zero-order chi connectivity index (χ0) is 31.0. The van der Waals surface area contributed by atoms with Crippen LogP contribution in [0.3, 0.4) is 0 Å². The van der Waals surface area contributed by atoms with Gasteiger partial charge in [-0.25, -0.2) is 4.89 Å². The quantitative estimate of drug-likeness (QED) is 0.0317. The molecule has 0 aromatic carbocycles. The van der Waals surface area contributed by atoms with Crippen molar-refractivity contribution in [2.24, 2.45) is 0 Å². The lowest BCUT2D eigenvalue weighted by molar-refractivity contribution is -0.302. The van der Waals surface area contributed by atoms with Crippen molar-refractivity contribution in [2.75, 3.05) is 6.61 Å². The van der Waals surface area contributed by atoms with Crippen LogP contribution in [0.15, 0.2) is 0 Å². The fraction of sp³-hybridized carbons (Fsp3) is 1.00. The van der Waals surface area contributed by atoms with E-state index in [4.69, 9.17) is 9.44 Å². The monoisotopic (exact) mass is 621 g/mol. The smallest absolute Gasteiger partial charge is 0.396 e. The highest BCUT2D eigenvalue weighted by atomic mass is 32.3. The SMILES string of the molecule is CCCCCCCCCCCCCCCCC(CCO)(CCCCCCCCCCCCCCCC)OOS(=O)(=O)O. The molecule has 0 saturated heterocycles. The minimum Gasteiger partial charge on any atom is -0.396 e. The Bertz CT molecular complexity index is 607. The van der Waals surface area contributed by atoms with Gasteiger partial charge < -0.3 is 5.11 Å². The van der Waals surface area contributed by atoms with Gasteiger partial charge in [-0.05, 0) is 12.8 Å². The van der Waals surface area contributed by atoms with E-state index in [1.165, 1.54) is 141 Å². The van der Waals surface area contributed by atoms with Crippen LogP contribution in [0.25, 0.3) is 0 Å². The zero-order valence-electron chi connectivity index (χ0n) is 28.1. The van der Waals surface area contributed by atoms with Gasteiger partial charge >= 0.3 is 10.4 Å². The predicted octanol–water partition coefficient (Wildman–Crippen LogP) is 11.6. The van der Waals surface area contributed by atoms with Crippen LogP contribution in [-0.4, -0.2) is 30.3 Å². The second-order valence-corrected chi connectivity index (χ2v) is 13.9. The average Bonchev–Trinajstić information content (AvgIpc) is 2.96. The molecule has 0 heterocycles. The van der Waals surface area contributed by atoms with Crippen LogP contribution in [0.1, 0.15) is 213 Å². The van der Waals surface area contributed by atoms with Gasteiger partial charge in [-0.2, -0.15) is 8.42 Å². The summed E-state index contributed by atoms with van der Waals surface area (Å²) in [5, 5.41) is 9.71. The molecule has 0 atom stereocenters. The molecule has 0 unspecified atom stereocenters. The van der Waals surface area contributed by atoms with E-state index in [1.807, 2.05) is 0 Å². The van der Waals surface area contributed by atoms with E-state index in [-0.39, 0.29) is 6.61 Å². The van der Waals surface area contributed by atoms with Gasteiger partial charge in [0.15, 0.2) is 0 Å². The molecule has 2 N–H and O–H groups in total. The highest BCUT2D eigenvalue weighted by Gasteiger charge is 2.33. The summed E-state index contributed by atoms with van der Waals surface area (Å²) in [7, 11) is -4.70. The maximum atomic E-state index is 11.2. The van der Waals surface area contributed by atoms with Crippen molar-refractivity contribution >= 4 is 10.4 Å². The third-order valence-corrected chi connectivity index (χ3v) is 9.08. The van der Waals surface area contributed by atoms with Gasteiger partial charge in [0.1, 0.15) is 5.60 Å². The molecule has 0 aliphatic rings. The van der Waals surface area contributed by atoms with E-state index in [9.17, 15) is 13.5 Å². The van der Waals surface area contributed by atoms with Crippen LogP contribution in [0.2, 0.25) is 0 Å². The molecular weight excluding hydrogens is 548 g/mol. The summed E-state index contributed by atoms with van der Waals surface area (Å²) in [5.74, 6) is 0. The Labute approximate surface area is 262 Å². The Balaban J connectivity index is 4.12. The Morgan fingerprint density at radius 2 is 0.714 bits per heavy atom. The normalized spacial score (nSPS) is 12.4. The molecule has 254 valence electrons. The van der Waals surface area contributed by atoms with Gasteiger partial charge in [0.05, 0.1) is 0 Å². The second-order valence-electron chi connectivity index (χ2n) is 12.9. The predicted molar refractivity (Wildman–Crippen MR) is 178 cm³/mol. The number of hydrogen-bond donors (Lipinski definition) is 2. The van der Waals surface area contributed by atoms with Crippen molar-refractivity contribution in [3.8, 4) is 0 Å². The summed E-state index contributed by atoms with van der Waals surface area (Å²) in [6.07, 6.45) is 37.3. The number of aliphatic hydroxyl groups is 1. The number of hydrogen-bond acceptors (Lipinski definition) is 5. The third-order valence-electron chi connectivity index (χ3n) is 8.84. The van der Waals surface area contributed by atoms with E-state index < -0.39 is 16.0 Å². The number of unbranched alkanes of at least 4 members (excludes halogenated alkanes) is 26. The molecular formula is C35H72O6S. The number of rotatable bonds is 35. The summed E-state index contributed by atoms with van der Waals surface area (Å²) in [6.45, 7) is 4.42. The molecule has 0 radical (unpaired) electrons. The van der Waals surface area contributed by atoms with Crippen LogP contribution >= 0.6 is 0 Å². The average molecular weight is 621 g/mol. The first kappa shape index (κ1) is 41.8. The van der Waals surface area contributed by atoms with Gasteiger partial charge in [0, 0.05) is 13.0 Å². The van der Waals surface area contributed by atoms with Gasteiger partial charge in [-0.15, -0.1) is 0 Å². The molecule has 0 saturated carbocycles. The molecule has 0 amide bonds. The maximum absolute atomic E-state index is 11.2. The first-order chi connectivity index (χ1) is 20.4. The Morgan fingerprint density at radius 1 is 0.452 bits per heavy atom. The third kappa shape index (κ3) is 29.8. The lowest BCUT2D eigenvalue weighted by Crippen LogP contribution is -2.35. The highest BCUT2D eigenvalue weighted by molar-refractivity contribution is 7.80. The van der Waals surface area contributed by atoms with Gasteiger partial charge in [-0.1, -0.05) is 198 Å². The van der Waals surface area contributed by atoms with Crippen LogP contribution in [0.4, 0.5) is 0 Å². The van der Waals surface area contributed by atoms with Crippen LogP contribution in [0.5, 0.6) is 0 Å². The second kappa shape index (κ2) is 30.8. The molecule has 42 heavy (non-hydrogen) atoms. The molecule has 0 aromatic heterocycles. The summed E-state index contributed by atoms with van der Waals surface area (Å²) < 4.78 is 36.0. The van der Waals surface area contributed by atoms with Gasteiger partial charge in [-0.3, -0.25) is 4.55 Å². The lowest BCUT2D eigenvalue weighted by Gasteiger charge is -2.31. The Kier molecular flexibility index (Phi) is 30.6. The molecule has 6 nitrogen and oxygen atoms in total. The first-order valence-corrected chi connectivity index (χ1v) is 19.7. The van der Waals surface area contributed by atoms with Crippen molar-refractivity contribution in [2.45, 2.75) is 218 Å². The summed E-state index contributed by atoms with van der Waals surface area (Å²) >= 11 is 0. The summed E-state index contributed by atoms with van der Waals surface area (Å²) in [5.41, 5.74) is -0.876. The maximum Gasteiger partial charge on any atom is 0.424 e. The van der Waals surface area contributed by atoms with Crippen molar-refractivity contribution in [3.05, 3.63) is 0 Å². The van der Waals surface area contributed by atoms with Crippen LogP contribution in [-0.2, 0) is 19.6 Å². The standard InChI is InChI=1S/C35H72O6S/c1-3-5-7-9-11-13-15-17-19-21-23-25-27-29-31-35(33-34-36,40-41-42(37,38)39)32-30-28-26-24-22-20-18-16-14-12-10-8-6-4-2/h36H,3-34H2,1-2H3,(H,37,38,39). The van der Waals surface area contributed by atoms with Gasteiger partial charge in [0.25, 0.3) is 0 Å². The van der Waals surface area contributed by atoms with Crippen molar-refractivity contribution in [3.63, 3.8) is 0 Å². The molecule has 0 bridgehead atoms. The highest BCUT2D eigenvalue weighted by Crippen LogP contribution is 2.31.